The Morgan fingerprint density at radius 2 is 2.37 bits per heavy atom. The second kappa shape index (κ2) is 7.24. The Balaban J connectivity index is 1.66. The minimum Gasteiger partial charge on any atom is -0.356 e. The lowest BCUT2D eigenvalue weighted by atomic mass is 10.00. The summed E-state index contributed by atoms with van der Waals surface area (Å²) in [4.78, 5) is 11.7. The van der Waals surface area contributed by atoms with Gasteiger partial charge in [-0.05, 0) is 56.0 Å². The molecule has 1 saturated heterocycles. The van der Waals surface area contributed by atoms with Crippen molar-refractivity contribution in [3.05, 3.63) is 35.6 Å². The van der Waals surface area contributed by atoms with Crippen LogP contribution in [0.25, 0.3) is 0 Å². The maximum absolute atomic E-state index is 13.0. The van der Waals surface area contributed by atoms with Crippen molar-refractivity contribution in [1.82, 2.24) is 10.6 Å². The van der Waals surface area contributed by atoms with Crippen LogP contribution in [0.2, 0.25) is 0 Å². The Bertz CT molecular complexity index is 416. The third-order valence-electron chi connectivity index (χ3n) is 3.52. The molecule has 0 bridgehead atoms. The van der Waals surface area contributed by atoms with Crippen molar-refractivity contribution in [2.75, 3.05) is 19.6 Å². The van der Waals surface area contributed by atoms with Crippen molar-refractivity contribution in [3.63, 3.8) is 0 Å². The lowest BCUT2D eigenvalue weighted by molar-refractivity contribution is -0.121. The summed E-state index contributed by atoms with van der Waals surface area (Å²) in [6, 6.07) is 6.43. The number of hydrogen-bond donors (Lipinski definition) is 2. The highest BCUT2D eigenvalue weighted by Gasteiger charge is 2.13. The van der Waals surface area contributed by atoms with Crippen molar-refractivity contribution in [2.45, 2.75) is 25.7 Å². The maximum atomic E-state index is 13.0. The summed E-state index contributed by atoms with van der Waals surface area (Å²) in [5.41, 5.74) is 0.870. The van der Waals surface area contributed by atoms with Crippen LogP contribution in [0.15, 0.2) is 24.3 Å². The van der Waals surface area contributed by atoms with Gasteiger partial charge in [0.2, 0.25) is 5.91 Å². The SMILES string of the molecule is O=C(CCc1cccc(F)c1)NCC1CCCNC1. The molecule has 0 radical (unpaired) electrons. The zero-order valence-corrected chi connectivity index (χ0v) is 11.1. The van der Waals surface area contributed by atoms with Gasteiger partial charge in [0.05, 0.1) is 0 Å². The summed E-state index contributed by atoms with van der Waals surface area (Å²) in [6.07, 6.45) is 3.37. The molecule has 104 valence electrons. The van der Waals surface area contributed by atoms with E-state index in [2.05, 4.69) is 10.6 Å². The summed E-state index contributed by atoms with van der Waals surface area (Å²) in [6.45, 7) is 2.82. The van der Waals surface area contributed by atoms with Gasteiger partial charge in [0.25, 0.3) is 0 Å². The fourth-order valence-corrected chi connectivity index (χ4v) is 2.40. The minimum atomic E-state index is -0.244. The largest absolute Gasteiger partial charge is 0.356 e. The number of nitrogens with one attached hydrogen (secondary N) is 2. The molecular weight excluding hydrogens is 243 g/mol. The zero-order chi connectivity index (χ0) is 13.5. The Kier molecular flexibility index (Phi) is 5.33. The molecule has 1 heterocycles. The highest BCUT2D eigenvalue weighted by atomic mass is 19.1. The first-order chi connectivity index (χ1) is 9.24. The van der Waals surface area contributed by atoms with E-state index in [1.807, 2.05) is 6.07 Å². The van der Waals surface area contributed by atoms with Crippen LogP contribution in [0, 0.1) is 11.7 Å². The van der Waals surface area contributed by atoms with Gasteiger partial charge in [-0.2, -0.15) is 0 Å². The molecule has 0 spiro atoms. The van der Waals surface area contributed by atoms with Gasteiger partial charge in [0.15, 0.2) is 0 Å². The number of rotatable bonds is 5. The van der Waals surface area contributed by atoms with Crippen LogP contribution in [0.4, 0.5) is 4.39 Å². The molecule has 3 nitrogen and oxygen atoms in total. The molecule has 1 fully saturated rings. The van der Waals surface area contributed by atoms with Crippen LogP contribution in [0.5, 0.6) is 0 Å². The maximum Gasteiger partial charge on any atom is 0.220 e. The first kappa shape index (κ1) is 14.0. The predicted octanol–water partition coefficient (Wildman–Crippen LogP) is 1.87. The lowest BCUT2D eigenvalue weighted by Gasteiger charge is -2.22. The van der Waals surface area contributed by atoms with E-state index in [1.165, 1.54) is 25.0 Å². The molecule has 2 rings (SSSR count). The first-order valence-corrected chi connectivity index (χ1v) is 6.96. The molecule has 1 aromatic rings. The monoisotopic (exact) mass is 264 g/mol. The molecule has 4 heteroatoms. The number of aryl methyl sites for hydroxylation is 1. The Morgan fingerprint density at radius 1 is 1.47 bits per heavy atom. The standard InChI is InChI=1S/C15H21FN2O/c16-14-5-1-3-12(9-14)6-7-15(19)18-11-13-4-2-8-17-10-13/h1,3,5,9,13,17H,2,4,6-8,10-11H2,(H,18,19). The number of amides is 1. The van der Waals surface area contributed by atoms with E-state index in [0.717, 1.165) is 25.2 Å². The molecule has 1 atom stereocenters. The average molecular weight is 264 g/mol. The Hall–Kier alpha value is -1.42. The van der Waals surface area contributed by atoms with Crippen molar-refractivity contribution >= 4 is 5.91 Å². The van der Waals surface area contributed by atoms with E-state index in [9.17, 15) is 9.18 Å². The van der Waals surface area contributed by atoms with Crippen molar-refractivity contribution in [2.24, 2.45) is 5.92 Å². The lowest BCUT2D eigenvalue weighted by Crippen LogP contribution is -2.38. The van der Waals surface area contributed by atoms with Gasteiger partial charge in [-0.15, -0.1) is 0 Å². The molecule has 2 N–H and O–H groups in total. The van der Waals surface area contributed by atoms with Gasteiger partial charge in [-0.25, -0.2) is 4.39 Å². The molecule has 0 aromatic heterocycles. The molecule has 0 aliphatic carbocycles. The fourth-order valence-electron chi connectivity index (χ4n) is 2.40. The third kappa shape index (κ3) is 4.99. The van der Waals surface area contributed by atoms with Crippen molar-refractivity contribution in [1.29, 1.82) is 0 Å². The molecule has 1 aliphatic rings. The summed E-state index contributed by atoms with van der Waals surface area (Å²) >= 11 is 0. The number of carbonyl (C=O) groups excluding carboxylic acids is 1. The van der Waals surface area contributed by atoms with Crippen LogP contribution >= 0.6 is 0 Å². The van der Waals surface area contributed by atoms with E-state index >= 15 is 0 Å². The number of benzene rings is 1. The second-order valence-corrected chi connectivity index (χ2v) is 5.15. The number of halogens is 1. The minimum absolute atomic E-state index is 0.0508. The Morgan fingerprint density at radius 3 is 3.11 bits per heavy atom. The van der Waals surface area contributed by atoms with Gasteiger partial charge in [0, 0.05) is 13.0 Å². The quantitative estimate of drug-likeness (QED) is 0.852. The predicted molar refractivity (Wildman–Crippen MR) is 73.3 cm³/mol. The highest BCUT2D eigenvalue weighted by Crippen LogP contribution is 2.09. The van der Waals surface area contributed by atoms with Gasteiger partial charge < -0.3 is 10.6 Å². The fraction of sp³-hybridized carbons (Fsp3) is 0.533. The number of hydrogen-bond acceptors (Lipinski definition) is 2. The van der Waals surface area contributed by atoms with E-state index in [0.29, 0.717) is 18.8 Å². The van der Waals surface area contributed by atoms with Crippen LogP contribution in [0.1, 0.15) is 24.8 Å². The van der Waals surface area contributed by atoms with E-state index in [4.69, 9.17) is 0 Å². The molecule has 1 amide bonds. The van der Waals surface area contributed by atoms with E-state index in [1.54, 1.807) is 6.07 Å². The average Bonchev–Trinajstić information content (AvgIpc) is 2.44. The molecule has 1 unspecified atom stereocenters. The summed E-state index contributed by atoms with van der Waals surface area (Å²) < 4.78 is 13.0. The molecule has 19 heavy (non-hydrogen) atoms. The Labute approximate surface area is 113 Å². The number of piperidine rings is 1. The summed E-state index contributed by atoms with van der Waals surface area (Å²) in [7, 11) is 0. The second-order valence-electron chi connectivity index (χ2n) is 5.15. The van der Waals surface area contributed by atoms with Gasteiger partial charge in [0.1, 0.15) is 5.82 Å². The van der Waals surface area contributed by atoms with E-state index in [-0.39, 0.29) is 11.7 Å². The highest BCUT2D eigenvalue weighted by molar-refractivity contribution is 5.76. The summed E-state index contributed by atoms with van der Waals surface area (Å²) in [5, 5.41) is 6.29. The molecule has 1 aliphatic heterocycles. The van der Waals surface area contributed by atoms with E-state index < -0.39 is 0 Å². The van der Waals surface area contributed by atoms with Crippen LogP contribution < -0.4 is 10.6 Å². The van der Waals surface area contributed by atoms with Crippen molar-refractivity contribution < 1.29 is 9.18 Å². The van der Waals surface area contributed by atoms with Crippen LogP contribution in [-0.4, -0.2) is 25.5 Å². The van der Waals surface area contributed by atoms with Gasteiger partial charge in [-0.3, -0.25) is 4.79 Å². The van der Waals surface area contributed by atoms with Crippen LogP contribution in [0.3, 0.4) is 0 Å². The third-order valence-corrected chi connectivity index (χ3v) is 3.52. The molecule has 1 aromatic carbocycles. The van der Waals surface area contributed by atoms with Gasteiger partial charge in [-0.1, -0.05) is 12.1 Å². The normalized spacial score (nSPS) is 19.1. The summed E-state index contributed by atoms with van der Waals surface area (Å²) in [5.74, 6) is 0.355. The topological polar surface area (TPSA) is 41.1 Å². The van der Waals surface area contributed by atoms with Gasteiger partial charge >= 0.3 is 0 Å². The zero-order valence-electron chi connectivity index (χ0n) is 11.1. The van der Waals surface area contributed by atoms with Crippen LogP contribution in [-0.2, 0) is 11.2 Å². The smallest absolute Gasteiger partial charge is 0.220 e. The molecular formula is C15H21FN2O. The first-order valence-electron chi connectivity index (χ1n) is 6.96. The molecule has 0 saturated carbocycles. The van der Waals surface area contributed by atoms with Crippen molar-refractivity contribution in [3.8, 4) is 0 Å². The number of carbonyl (C=O) groups is 1.